The van der Waals surface area contributed by atoms with Gasteiger partial charge in [0.1, 0.15) is 0 Å². The average molecular weight is 300 g/mol. The number of nitrogens with zero attached hydrogens (tertiary/aromatic N) is 1. The lowest BCUT2D eigenvalue weighted by Crippen LogP contribution is -2.49. The van der Waals surface area contributed by atoms with Crippen molar-refractivity contribution in [3.05, 3.63) is 0 Å². The first-order valence-corrected chi connectivity index (χ1v) is 9.60. The van der Waals surface area contributed by atoms with Crippen LogP contribution in [0.25, 0.3) is 0 Å². The van der Waals surface area contributed by atoms with E-state index in [9.17, 15) is 13.2 Å². The number of hydrogen-bond acceptors (Lipinski definition) is 4. The molecule has 3 unspecified atom stereocenters. The van der Waals surface area contributed by atoms with Gasteiger partial charge in [-0.2, -0.15) is 0 Å². The van der Waals surface area contributed by atoms with Crippen molar-refractivity contribution < 1.29 is 13.2 Å². The van der Waals surface area contributed by atoms with Crippen LogP contribution in [0.1, 0.15) is 38.5 Å². The zero-order valence-corrected chi connectivity index (χ0v) is 12.7. The fourth-order valence-electron chi connectivity index (χ4n) is 4.04. The van der Waals surface area contributed by atoms with Crippen molar-refractivity contribution in [2.24, 2.45) is 5.92 Å². The van der Waals surface area contributed by atoms with Crippen molar-refractivity contribution in [2.45, 2.75) is 50.6 Å². The van der Waals surface area contributed by atoms with Gasteiger partial charge in [0.15, 0.2) is 9.84 Å². The van der Waals surface area contributed by atoms with Crippen molar-refractivity contribution in [2.75, 3.05) is 24.6 Å². The molecule has 6 heteroatoms. The molecule has 2 aliphatic heterocycles. The summed E-state index contributed by atoms with van der Waals surface area (Å²) >= 11 is 0. The Morgan fingerprint density at radius 1 is 1.20 bits per heavy atom. The van der Waals surface area contributed by atoms with Crippen LogP contribution in [0.4, 0.5) is 0 Å². The first-order valence-electron chi connectivity index (χ1n) is 7.78. The molecule has 3 atom stereocenters. The molecule has 1 saturated carbocycles. The largest absolute Gasteiger partial charge is 0.339 e. The van der Waals surface area contributed by atoms with Gasteiger partial charge in [0.25, 0.3) is 0 Å². The van der Waals surface area contributed by atoms with Crippen LogP contribution in [-0.4, -0.2) is 55.9 Å². The Bertz CT molecular complexity index is 477. The van der Waals surface area contributed by atoms with Gasteiger partial charge in [0, 0.05) is 31.6 Å². The van der Waals surface area contributed by atoms with Crippen LogP contribution in [0, 0.1) is 5.92 Å². The van der Waals surface area contributed by atoms with Crippen LogP contribution in [0.5, 0.6) is 0 Å². The van der Waals surface area contributed by atoms with Crippen molar-refractivity contribution in [3.8, 4) is 0 Å². The van der Waals surface area contributed by atoms with E-state index in [4.69, 9.17) is 0 Å². The van der Waals surface area contributed by atoms with E-state index in [1.165, 1.54) is 19.3 Å². The first kappa shape index (κ1) is 14.3. The highest BCUT2D eigenvalue weighted by Crippen LogP contribution is 2.36. The molecule has 3 aliphatic rings. The van der Waals surface area contributed by atoms with Crippen LogP contribution >= 0.6 is 0 Å². The summed E-state index contributed by atoms with van der Waals surface area (Å²) in [7, 11) is -2.96. The average Bonchev–Trinajstić information content (AvgIpc) is 2.81. The van der Waals surface area contributed by atoms with Gasteiger partial charge in [-0.05, 0) is 25.2 Å². The summed E-state index contributed by atoms with van der Waals surface area (Å²) in [5, 5.41) is 3.17. The number of fused-ring (bicyclic) bond motifs is 1. The predicted octanol–water partition coefficient (Wildman–Crippen LogP) is 0.554. The molecule has 3 fully saturated rings. The molecule has 0 radical (unpaired) electrons. The monoisotopic (exact) mass is 300 g/mol. The number of sulfone groups is 1. The molecule has 0 aromatic carbocycles. The Kier molecular flexibility index (Phi) is 4.04. The van der Waals surface area contributed by atoms with E-state index in [1.54, 1.807) is 0 Å². The highest BCUT2D eigenvalue weighted by atomic mass is 32.2. The Hall–Kier alpha value is -0.620. The van der Waals surface area contributed by atoms with Gasteiger partial charge in [-0.15, -0.1) is 0 Å². The van der Waals surface area contributed by atoms with E-state index in [0.29, 0.717) is 24.9 Å². The molecule has 0 aromatic heterocycles. The lowest BCUT2D eigenvalue weighted by Gasteiger charge is -2.33. The highest BCUT2D eigenvalue weighted by Gasteiger charge is 2.39. The van der Waals surface area contributed by atoms with Gasteiger partial charge in [-0.25, -0.2) is 8.42 Å². The Morgan fingerprint density at radius 3 is 2.80 bits per heavy atom. The van der Waals surface area contributed by atoms with E-state index in [2.05, 4.69) is 5.32 Å². The van der Waals surface area contributed by atoms with Gasteiger partial charge < -0.3 is 10.2 Å². The summed E-state index contributed by atoms with van der Waals surface area (Å²) < 4.78 is 23.3. The molecule has 20 heavy (non-hydrogen) atoms. The maximum Gasteiger partial charge on any atom is 0.224 e. The van der Waals surface area contributed by atoms with Crippen molar-refractivity contribution in [1.82, 2.24) is 10.2 Å². The maximum atomic E-state index is 12.5. The zero-order valence-electron chi connectivity index (χ0n) is 11.9. The van der Waals surface area contributed by atoms with E-state index in [-0.39, 0.29) is 23.5 Å². The fourth-order valence-corrected chi connectivity index (χ4v) is 5.49. The lowest BCUT2D eigenvalue weighted by molar-refractivity contribution is -0.133. The quantitative estimate of drug-likeness (QED) is 0.809. The molecule has 0 aromatic rings. The summed E-state index contributed by atoms with van der Waals surface area (Å²) in [4.78, 5) is 14.5. The standard InChI is InChI=1S/C14H24N2O3S/c17-14(9-12-10-20(18,19)8-6-15-12)16-7-5-11-3-1-2-4-13(11)16/h11-13,15H,1-10H2. The second-order valence-corrected chi connectivity index (χ2v) is 8.69. The number of likely N-dealkylation sites (tertiary alicyclic amines) is 1. The van der Waals surface area contributed by atoms with Crippen LogP contribution in [0.2, 0.25) is 0 Å². The third-order valence-corrected chi connectivity index (χ3v) is 6.79. The first-order chi connectivity index (χ1) is 9.55. The smallest absolute Gasteiger partial charge is 0.224 e. The predicted molar refractivity (Wildman–Crippen MR) is 77.1 cm³/mol. The summed E-state index contributed by atoms with van der Waals surface area (Å²) in [6.45, 7) is 1.35. The molecule has 0 spiro atoms. The molecule has 3 rings (SSSR count). The molecule has 2 heterocycles. The van der Waals surface area contributed by atoms with E-state index in [0.717, 1.165) is 19.4 Å². The minimum atomic E-state index is -2.96. The topological polar surface area (TPSA) is 66.5 Å². The number of amides is 1. The minimum absolute atomic E-state index is 0.112. The van der Waals surface area contributed by atoms with Crippen molar-refractivity contribution in [1.29, 1.82) is 0 Å². The summed E-state index contributed by atoms with van der Waals surface area (Å²) in [6.07, 6.45) is 6.37. The SMILES string of the molecule is O=C(CC1CS(=O)(=O)CCN1)N1CCC2CCCCC21. The normalized spacial score (nSPS) is 36.6. The molecule has 0 bridgehead atoms. The van der Waals surface area contributed by atoms with Crippen molar-refractivity contribution >= 4 is 15.7 Å². The zero-order chi connectivity index (χ0) is 14.2. The molecular weight excluding hydrogens is 276 g/mol. The maximum absolute atomic E-state index is 12.5. The molecule has 2 saturated heterocycles. The molecule has 1 N–H and O–H groups in total. The third kappa shape index (κ3) is 3.01. The molecule has 114 valence electrons. The molecular formula is C14H24N2O3S. The van der Waals surface area contributed by atoms with Crippen LogP contribution < -0.4 is 5.32 Å². The molecule has 1 amide bonds. The van der Waals surface area contributed by atoms with Gasteiger partial charge in [0.05, 0.1) is 11.5 Å². The minimum Gasteiger partial charge on any atom is -0.339 e. The number of nitrogens with one attached hydrogen (secondary N) is 1. The van der Waals surface area contributed by atoms with Gasteiger partial charge in [-0.3, -0.25) is 4.79 Å². The van der Waals surface area contributed by atoms with Gasteiger partial charge in [-0.1, -0.05) is 12.8 Å². The van der Waals surface area contributed by atoms with E-state index >= 15 is 0 Å². The van der Waals surface area contributed by atoms with Gasteiger partial charge >= 0.3 is 0 Å². The number of carbonyl (C=O) groups is 1. The summed E-state index contributed by atoms with van der Waals surface area (Å²) in [5.41, 5.74) is 0. The second kappa shape index (κ2) is 5.64. The van der Waals surface area contributed by atoms with Crippen LogP contribution in [0.15, 0.2) is 0 Å². The summed E-state index contributed by atoms with van der Waals surface area (Å²) in [5.74, 6) is 1.15. The highest BCUT2D eigenvalue weighted by molar-refractivity contribution is 7.91. The van der Waals surface area contributed by atoms with Crippen molar-refractivity contribution in [3.63, 3.8) is 0 Å². The Morgan fingerprint density at radius 2 is 2.00 bits per heavy atom. The molecule has 1 aliphatic carbocycles. The van der Waals surface area contributed by atoms with Crippen LogP contribution in [0.3, 0.4) is 0 Å². The van der Waals surface area contributed by atoms with Crippen LogP contribution in [-0.2, 0) is 14.6 Å². The number of carbonyl (C=O) groups excluding carboxylic acids is 1. The second-order valence-electron chi connectivity index (χ2n) is 6.46. The number of hydrogen-bond donors (Lipinski definition) is 1. The van der Waals surface area contributed by atoms with E-state index in [1.807, 2.05) is 4.90 Å². The number of rotatable bonds is 2. The van der Waals surface area contributed by atoms with E-state index < -0.39 is 9.84 Å². The Labute approximate surface area is 121 Å². The molecule has 5 nitrogen and oxygen atoms in total. The Balaban J connectivity index is 1.59. The van der Waals surface area contributed by atoms with Gasteiger partial charge in [0.2, 0.25) is 5.91 Å². The lowest BCUT2D eigenvalue weighted by atomic mass is 9.85. The third-order valence-electron chi connectivity index (χ3n) is 5.05. The fraction of sp³-hybridized carbons (Fsp3) is 0.929. The summed E-state index contributed by atoms with van der Waals surface area (Å²) in [6, 6.07) is 0.236.